The van der Waals surface area contributed by atoms with Gasteiger partial charge in [0.05, 0.1) is 27.9 Å². The highest BCUT2D eigenvalue weighted by atomic mass is 16.5. The lowest BCUT2D eigenvalue weighted by atomic mass is 10.1. The zero-order chi connectivity index (χ0) is 22.5. The molecule has 2 rings (SSSR count). The summed E-state index contributed by atoms with van der Waals surface area (Å²) in [5, 5.41) is 6.72. The highest BCUT2D eigenvalue weighted by Crippen LogP contribution is 2.28. The molecule has 0 spiro atoms. The van der Waals surface area contributed by atoms with Crippen molar-refractivity contribution in [2.24, 2.45) is 4.99 Å². The number of guanidine groups is 1. The number of nitrogens with one attached hydrogen (secondary N) is 2. The number of hydrogen-bond acceptors (Lipinski definition) is 5. The van der Waals surface area contributed by atoms with E-state index in [0.29, 0.717) is 6.61 Å². The Bertz CT molecular complexity index is 840. The van der Waals surface area contributed by atoms with Crippen molar-refractivity contribution in [3.8, 4) is 23.0 Å². The minimum Gasteiger partial charge on any atom is -0.497 e. The largest absolute Gasteiger partial charge is 0.497 e. The second kappa shape index (κ2) is 13.3. The van der Waals surface area contributed by atoms with Crippen LogP contribution in [-0.4, -0.2) is 54.0 Å². The molecular weight excluding hydrogens is 394 g/mol. The number of aryl methyl sites for hydroxylation is 1. The summed E-state index contributed by atoms with van der Waals surface area (Å²) in [5.74, 6) is 4.02. The standard InChI is InChI=1S/C24H35N3O4/c1-6-31-23-16-18(9-11-22(23)30-5)8-7-14-26-24(25-2)27-15-13-19-17-20(28-3)10-12-21(19)29-4/h9-12,16-17H,6-8,13-15H2,1-5H3,(H2,25,26,27). The van der Waals surface area contributed by atoms with Gasteiger partial charge < -0.3 is 29.6 Å². The number of aliphatic imine (C=N–C) groups is 1. The second-order valence-electron chi connectivity index (χ2n) is 6.88. The van der Waals surface area contributed by atoms with Gasteiger partial charge in [-0.05, 0) is 67.6 Å². The van der Waals surface area contributed by atoms with Gasteiger partial charge in [0.1, 0.15) is 11.5 Å². The molecule has 2 N–H and O–H groups in total. The van der Waals surface area contributed by atoms with E-state index in [2.05, 4.69) is 27.8 Å². The molecule has 0 bridgehead atoms. The number of ether oxygens (including phenoxy) is 4. The van der Waals surface area contributed by atoms with E-state index < -0.39 is 0 Å². The Balaban J connectivity index is 1.77. The third-order valence-corrected chi connectivity index (χ3v) is 4.86. The van der Waals surface area contributed by atoms with Crippen molar-refractivity contribution in [1.82, 2.24) is 10.6 Å². The van der Waals surface area contributed by atoms with Gasteiger partial charge in [0.25, 0.3) is 0 Å². The third kappa shape index (κ3) is 7.59. The summed E-state index contributed by atoms with van der Waals surface area (Å²) in [5.41, 5.74) is 2.31. The van der Waals surface area contributed by atoms with Crippen LogP contribution >= 0.6 is 0 Å². The lowest BCUT2D eigenvalue weighted by Crippen LogP contribution is -2.38. The van der Waals surface area contributed by atoms with Crippen molar-refractivity contribution >= 4 is 5.96 Å². The van der Waals surface area contributed by atoms with E-state index in [1.54, 1.807) is 28.4 Å². The van der Waals surface area contributed by atoms with E-state index >= 15 is 0 Å². The Kier molecular flexibility index (Phi) is 10.3. The fourth-order valence-corrected chi connectivity index (χ4v) is 3.26. The lowest BCUT2D eigenvalue weighted by molar-refractivity contribution is 0.310. The van der Waals surface area contributed by atoms with Gasteiger partial charge in [0.15, 0.2) is 17.5 Å². The van der Waals surface area contributed by atoms with Crippen molar-refractivity contribution < 1.29 is 18.9 Å². The molecule has 0 saturated carbocycles. The maximum absolute atomic E-state index is 5.66. The van der Waals surface area contributed by atoms with Crippen LogP contribution in [0, 0.1) is 0 Å². The SMILES string of the molecule is CCOc1cc(CCCNC(=NC)NCCc2cc(OC)ccc2OC)ccc1OC. The summed E-state index contributed by atoms with van der Waals surface area (Å²) >= 11 is 0. The molecule has 0 aliphatic rings. The Morgan fingerprint density at radius 3 is 2.26 bits per heavy atom. The third-order valence-electron chi connectivity index (χ3n) is 4.86. The van der Waals surface area contributed by atoms with Crippen molar-refractivity contribution in [3.63, 3.8) is 0 Å². The summed E-state index contributed by atoms with van der Waals surface area (Å²) in [7, 11) is 6.78. The van der Waals surface area contributed by atoms with Gasteiger partial charge in [-0.3, -0.25) is 4.99 Å². The maximum atomic E-state index is 5.66. The summed E-state index contributed by atoms with van der Waals surface area (Å²) < 4.78 is 21.8. The normalized spacial score (nSPS) is 11.1. The van der Waals surface area contributed by atoms with Gasteiger partial charge in [-0.25, -0.2) is 0 Å². The molecule has 0 unspecified atom stereocenters. The molecule has 0 aliphatic carbocycles. The number of methoxy groups -OCH3 is 3. The highest BCUT2D eigenvalue weighted by molar-refractivity contribution is 5.79. The zero-order valence-electron chi connectivity index (χ0n) is 19.3. The van der Waals surface area contributed by atoms with Crippen LogP contribution < -0.4 is 29.6 Å². The van der Waals surface area contributed by atoms with Crippen LogP contribution in [0.4, 0.5) is 0 Å². The minimum absolute atomic E-state index is 0.616. The number of nitrogens with zero attached hydrogens (tertiary/aromatic N) is 1. The monoisotopic (exact) mass is 429 g/mol. The highest BCUT2D eigenvalue weighted by Gasteiger charge is 2.07. The van der Waals surface area contributed by atoms with Gasteiger partial charge in [0.2, 0.25) is 0 Å². The lowest BCUT2D eigenvalue weighted by Gasteiger charge is -2.14. The van der Waals surface area contributed by atoms with E-state index in [1.165, 1.54) is 5.56 Å². The minimum atomic E-state index is 0.616. The Morgan fingerprint density at radius 1 is 0.839 bits per heavy atom. The molecule has 31 heavy (non-hydrogen) atoms. The first-order chi connectivity index (χ1) is 15.1. The summed E-state index contributed by atoms with van der Waals surface area (Å²) in [6, 6.07) is 11.9. The van der Waals surface area contributed by atoms with Gasteiger partial charge in [-0.15, -0.1) is 0 Å². The summed E-state index contributed by atoms with van der Waals surface area (Å²) in [4.78, 5) is 4.30. The number of hydrogen-bond donors (Lipinski definition) is 2. The average molecular weight is 430 g/mol. The molecular formula is C24H35N3O4. The van der Waals surface area contributed by atoms with Crippen molar-refractivity contribution in [3.05, 3.63) is 47.5 Å². The van der Waals surface area contributed by atoms with Crippen LogP contribution in [0.15, 0.2) is 41.4 Å². The molecule has 2 aromatic carbocycles. The Hall–Kier alpha value is -3.09. The molecule has 0 heterocycles. The number of rotatable bonds is 12. The molecule has 0 atom stereocenters. The predicted molar refractivity (Wildman–Crippen MR) is 125 cm³/mol. The van der Waals surface area contributed by atoms with E-state index in [-0.39, 0.29) is 0 Å². The van der Waals surface area contributed by atoms with E-state index in [1.807, 2.05) is 31.2 Å². The van der Waals surface area contributed by atoms with E-state index in [9.17, 15) is 0 Å². The first-order valence-electron chi connectivity index (χ1n) is 10.6. The second-order valence-corrected chi connectivity index (χ2v) is 6.88. The topological polar surface area (TPSA) is 73.3 Å². The summed E-state index contributed by atoms with van der Waals surface area (Å²) in [6.45, 7) is 4.14. The van der Waals surface area contributed by atoms with Crippen LogP contribution in [0.5, 0.6) is 23.0 Å². The molecule has 0 aromatic heterocycles. The van der Waals surface area contributed by atoms with Gasteiger partial charge >= 0.3 is 0 Å². The maximum Gasteiger partial charge on any atom is 0.190 e. The molecule has 0 aliphatic heterocycles. The van der Waals surface area contributed by atoms with Crippen molar-refractivity contribution in [2.75, 3.05) is 48.1 Å². The van der Waals surface area contributed by atoms with Crippen molar-refractivity contribution in [2.45, 2.75) is 26.2 Å². The number of benzene rings is 2. The van der Waals surface area contributed by atoms with Crippen LogP contribution in [0.1, 0.15) is 24.5 Å². The molecule has 2 aromatic rings. The van der Waals surface area contributed by atoms with Crippen LogP contribution in [0.3, 0.4) is 0 Å². The fraction of sp³-hybridized carbons (Fsp3) is 0.458. The quantitative estimate of drug-likeness (QED) is 0.306. The van der Waals surface area contributed by atoms with Crippen LogP contribution in [-0.2, 0) is 12.8 Å². The van der Waals surface area contributed by atoms with Gasteiger partial charge in [0, 0.05) is 20.1 Å². The molecule has 0 amide bonds. The van der Waals surface area contributed by atoms with Crippen LogP contribution in [0.25, 0.3) is 0 Å². The molecule has 0 radical (unpaired) electrons. The van der Waals surface area contributed by atoms with E-state index in [0.717, 1.165) is 66.9 Å². The van der Waals surface area contributed by atoms with Crippen molar-refractivity contribution in [1.29, 1.82) is 0 Å². The average Bonchev–Trinajstić information content (AvgIpc) is 2.80. The smallest absolute Gasteiger partial charge is 0.190 e. The Morgan fingerprint density at radius 2 is 1.58 bits per heavy atom. The van der Waals surface area contributed by atoms with E-state index in [4.69, 9.17) is 18.9 Å². The van der Waals surface area contributed by atoms with Gasteiger partial charge in [-0.1, -0.05) is 6.07 Å². The molecule has 0 fully saturated rings. The Labute approximate surface area is 185 Å². The molecule has 0 saturated heterocycles. The molecule has 7 nitrogen and oxygen atoms in total. The first kappa shape index (κ1) is 24.2. The summed E-state index contributed by atoms with van der Waals surface area (Å²) in [6.07, 6.45) is 2.71. The fourth-order valence-electron chi connectivity index (χ4n) is 3.26. The molecule has 7 heteroatoms. The first-order valence-corrected chi connectivity index (χ1v) is 10.6. The molecule has 170 valence electrons. The predicted octanol–water partition coefficient (Wildman–Crippen LogP) is 3.45. The van der Waals surface area contributed by atoms with Crippen LogP contribution in [0.2, 0.25) is 0 Å². The zero-order valence-corrected chi connectivity index (χ0v) is 19.3. The van der Waals surface area contributed by atoms with Gasteiger partial charge in [-0.2, -0.15) is 0 Å².